The first kappa shape index (κ1) is 16.6. The van der Waals surface area contributed by atoms with Gasteiger partial charge in [0.2, 0.25) is 0 Å². The monoisotopic (exact) mass is 404 g/mol. The summed E-state index contributed by atoms with van der Waals surface area (Å²) in [5, 5.41) is 3.42. The molecule has 4 rings (SSSR count). The first-order chi connectivity index (χ1) is 12.7. The van der Waals surface area contributed by atoms with Gasteiger partial charge in [0.05, 0.1) is 0 Å². The van der Waals surface area contributed by atoms with E-state index in [-0.39, 0.29) is 11.9 Å². The van der Waals surface area contributed by atoms with Gasteiger partial charge in [-0.25, -0.2) is 0 Å². The molecule has 1 heterocycles. The zero-order chi connectivity index (χ0) is 17.9. The second-order valence-corrected chi connectivity index (χ2v) is 7.00. The summed E-state index contributed by atoms with van der Waals surface area (Å²) in [6.45, 7) is 0. The molecule has 0 spiro atoms. The van der Waals surface area contributed by atoms with Crippen LogP contribution >= 0.6 is 15.9 Å². The van der Waals surface area contributed by atoms with Crippen molar-refractivity contribution in [1.82, 2.24) is 0 Å². The average Bonchev–Trinajstić information content (AvgIpc) is 3.01. The number of para-hydroxylation sites is 1. The Morgan fingerprint density at radius 1 is 0.808 bits per heavy atom. The second-order valence-electron chi connectivity index (χ2n) is 6.09. The third kappa shape index (κ3) is 3.28. The molecule has 1 N–H and O–H groups in total. The SMILES string of the molecule is O=C1C=C(Nc2ccc(Br)cc2)C(c2ccccc2)N1c1ccccc1. The average molecular weight is 405 g/mol. The van der Waals surface area contributed by atoms with Crippen molar-refractivity contribution in [2.45, 2.75) is 6.04 Å². The predicted molar refractivity (Wildman–Crippen MR) is 109 cm³/mol. The summed E-state index contributed by atoms with van der Waals surface area (Å²) in [5.41, 5.74) is 3.77. The highest BCUT2D eigenvalue weighted by molar-refractivity contribution is 9.10. The molecule has 1 unspecified atom stereocenters. The van der Waals surface area contributed by atoms with Crippen molar-refractivity contribution in [3.05, 3.63) is 107 Å². The van der Waals surface area contributed by atoms with Crippen LogP contribution in [0.4, 0.5) is 11.4 Å². The van der Waals surface area contributed by atoms with E-state index in [9.17, 15) is 4.79 Å². The molecule has 3 nitrogen and oxygen atoms in total. The molecule has 128 valence electrons. The van der Waals surface area contributed by atoms with Gasteiger partial charge in [-0.1, -0.05) is 64.5 Å². The Hall–Kier alpha value is -2.85. The molecule has 0 saturated heterocycles. The molecule has 4 heteroatoms. The smallest absolute Gasteiger partial charge is 0.253 e. The van der Waals surface area contributed by atoms with Crippen LogP contribution in [0.25, 0.3) is 0 Å². The first-order valence-corrected chi connectivity index (χ1v) is 9.19. The summed E-state index contributed by atoms with van der Waals surface area (Å²) in [4.78, 5) is 14.6. The standard InChI is InChI=1S/C22H17BrN2O/c23-17-11-13-18(14-12-17)24-20-15-21(26)25(19-9-5-2-6-10-19)22(20)16-7-3-1-4-8-16/h1-15,22,24H. The van der Waals surface area contributed by atoms with Gasteiger partial charge < -0.3 is 5.32 Å². The topological polar surface area (TPSA) is 32.3 Å². The van der Waals surface area contributed by atoms with Gasteiger partial charge in [-0.3, -0.25) is 9.69 Å². The van der Waals surface area contributed by atoms with Crippen LogP contribution in [0.3, 0.4) is 0 Å². The largest absolute Gasteiger partial charge is 0.357 e. The Kier molecular flexibility index (Phi) is 4.59. The molecule has 26 heavy (non-hydrogen) atoms. The van der Waals surface area contributed by atoms with Crippen LogP contribution in [0.5, 0.6) is 0 Å². The Morgan fingerprint density at radius 2 is 1.42 bits per heavy atom. The molecule has 0 radical (unpaired) electrons. The fourth-order valence-electron chi connectivity index (χ4n) is 3.18. The van der Waals surface area contributed by atoms with Crippen molar-refractivity contribution in [2.24, 2.45) is 0 Å². The predicted octanol–water partition coefficient (Wildman–Crippen LogP) is 5.53. The van der Waals surface area contributed by atoms with Gasteiger partial charge in [-0.05, 0) is 42.0 Å². The Balaban J connectivity index is 1.73. The lowest BCUT2D eigenvalue weighted by Crippen LogP contribution is -2.30. The van der Waals surface area contributed by atoms with Gasteiger partial charge in [0.25, 0.3) is 5.91 Å². The van der Waals surface area contributed by atoms with E-state index in [4.69, 9.17) is 0 Å². The highest BCUT2D eigenvalue weighted by Gasteiger charge is 2.35. The number of rotatable bonds is 4. The summed E-state index contributed by atoms with van der Waals surface area (Å²) in [6.07, 6.45) is 1.69. The minimum atomic E-state index is -0.185. The number of benzene rings is 3. The van der Waals surface area contributed by atoms with Crippen LogP contribution in [0.2, 0.25) is 0 Å². The third-order valence-electron chi connectivity index (χ3n) is 4.35. The number of carbonyl (C=O) groups is 1. The number of nitrogens with one attached hydrogen (secondary N) is 1. The van der Waals surface area contributed by atoms with Crippen molar-refractivity contribution in [3.63, 3.8) is 0 Å². The molecular formula is C22H17BrN2O. The van der Waals surface area contributed by atoms with E-state index in [0.29, 0.717) is 0 Å². The molecule has 0 bridgehead atoms. The molecule has 0 aliphatic carbocycles. The van der Waals surface area contributed by atoms with Crippen molar-refractivity contribution in [1.29, 1.82) is 0 Å². The van der Waals surface area contributed by atoms with Crippen LogP contribution < -0.4 is 10.2 Å². The van der Waals surface area contributed by atoms with Gasteiger partial charge in [-0.2, -0.15) is 0 Å². The molecule has 1 atom stereocenters. The van der Waals surface area contributed by atoms with Gasteiger partial charge in [0.1, 0.15) is 6.04 Å². The van der Waals surface area contributed by atoms with E-state index in [1.54, 1.807) is 6.08 Å². The summed E-state index contributed by atoms with van der Waals surface area (Å²) in [5.74, 6) is -0.0235. The van der Waals surface area contributed by atoms with E-state index >= 15 is 0 Å². The number of nitrogens with zero attached hydrogens (tertiary/aromatic N) is 1. The molecule has 0 aromatic heterocycles. The lowest BCUT2D eigenvalue weighted by molar-refractivity contribution is -0.113. The molecule has 1 aliphatic heterocycles. The molecule has 1 aliphatic rings. The minimum absolute atomic E-state index is 0.0235. The molecule has 0 saturated carbocycles. The van der Waals surface area contributed by atoms with Gasteiger partial charge >= 0.3 is 0 Å². The van der Waals surface area contributed by atoms with E-state index in [1.165, 1.54) is 0 Å². The van der Waals surface area contributed by atoms with Crippen molar-refractivity contribution in [3.8, 4) is 0 Å². The molecule has 1 amide bonds. The number of hydrogen-bond acceptors (Lipinski definition) is 2. The maximum absolute atomic E-state index is 12.8. The van der Waals surface area contributed by atoms with Gasteiger partial charge in [0.15, 0.2) is 0 Å². The molecular weight excluding hydrogens is 388 g/mol. The van der Waals surface area contributed by atoms with Crippen LogP contribution in [0.1, 0.15) is 11.6 Å². The molecule has 3 aromatic rings. The van der Waals surface area contributed by atoms with E-state index in [2.05, 4.69) is 33.4 Å². The highest BCUT2D eigenvalue weighted by Crippen LogP contribution is 2.38. The highest BCUT2D eigenvalue weighted by atomic mass is 79.9. The van der Waals surface area contributed by atoms with E-state index < -0.39 is 0 Å². The lowest BCUT2D eigenvalue weighted by atomic mass is 10.0. The summed E-state index contributed by atoms with van der Waals surface area (Å²) in [6, 6.07) is 27.6. The fraction of sp³-hybridized carbons (Fsp3) is 0.0455. The van der Waals surface area contributed by atoms with Crippen molar-refractivity contribution < 1.29 is 4.79 Å². The van der Waals surface area contributed by atoms with Crippen molar-refractivity contribution in [2.75, 3.05) is 10.2 Å². The Morgan fingerprint density at radius 3 is 2.08 bits per heavy atom. The third-order valence-corrected chi connectivity index (χ3v) is 4.88. The van der Waals surface area contributed by atoms with E-state index in [0.717, 1.165) is 27.1 Å². The van der Waals surface area contributed by atoms with Crippen LogP contribution in [-0.4, -0.2) is 5.91 Å². The van der Waals surface area contributed by atoms with Crippen LogP contribution in [-0.2, 0) is 4.79 Å². The normalized spacial score (nSPS) is 16.5. The number of amides is 1. The van der Waals surface area contributed by atoms with Crippen LogP contribution in [0.15, 0.2) is 101 Å². The zero-order valence-electron chi connectivity index (χ0n) is 14.0. The number of halogens is 1. The number of anilines is 2. The maximum atomic E-state index is 12.8. The minimum Gasteiger partial charge on any atom is -0.357 e. The quantitative estimate of drug-likeness (QED) is 0.619. The number of carbonyl (C=O) groups excluding carboxylic acids is 1. The zero-order valence-corrected chi connectivity index (χ0v) is 15.6. The second kappa shape index (κ2) is 7.18. The van der Waals surface area contributed by atoms with Gasteiger partial charge in [0, 0.05) is 27.6 Å². The van der Waals surface area contributed by atoms with E-state index in [1.807, 2.05) is 77.7 Å². The van der Waals surface area contributed by atoms with Crippen molar-refractivity contribution >= 4 is 33.2 Å². The Bertz CT molecular complexity index is 937. The summed E-state index contributed by atoms with van der Waals surface area (Å²) < 4.78 is 1.02. The number of hydrogen-bond donors (Lipinski definition) is 1. The lowest BCUT2D eigenvalue weighted by Gasteiger charge is -2.28. The molecule has 3 aromatic carbocycles. The van der Waals surface area contributed by atoms with Gasteiger partial charge in [-0.15, -0.1) is 0 Å². The Labute approximate surface area is 161 Å². The summed E-state index contributed by atoms with van der Waals surface area (Å²) >= 11 is 3.45. The summed E-state index contributed by atoms with van der Waals surface area (Å²) in [7, 11) is 0. The maximum Gasteiger partial charge on any atom is 0.253 e. The van der Waals surface area contributed by atoms with Crippen LogP contribution in [0, 0.1) is 0 Å². The first-order valence-electron chi connectivity index (χ1n) is 8.40. The molecule has 0 fully saturated rings. The fourth-order valence-corrected chi connectivity index (χ4v) is 3.45.